The van der Waals surface area contributed by atoms with Gasteiger partial charge in [-0.25, -0.2) is 0 Å². The van der Waals surface area contributed by atoms with E-state index in [-0.39, 0.29) is 0 Å². The summed E-state index contributed by atoms with van der Waals surface area (Å²) >= 11 is 0. The highest BCUT2D eigenvalue weighted by Gasteiger charge is 2.07. The number of hydrogen-bond donors (Lipinski definition) is 0. The fourth-order valence-electron chi connectivity index (χ4n) is 2.22. The minimum atomic E-state index is 0.630. The van der Waals surface area contributed by atoms with Gasteiger partial charge in [-0.3, -0.25) is 0 Å². The van der Waals surface area contributed by atoms with E-state index in [2.05, 4.69) is 57.2 Å². The Labute approximate surface area is 129 Å². The number of hydrogen-bond acceptors (Lipinski definition) is 1. The van der Waals surface area contributed by atoms with Gasteiger partial charge < -0.3 is 4.74 Å². The molecule has 0 aliphatic heterocycles. The van der Waals surface area contributed by atoms with Crippen molar-refractivity contribution in [1.82, 2.24) is 0 Å². The molecule has 0 saturated heterocycles. The van der Waals surface area contributed by atoms with Crippen molar-refractivity contribution >= 4 is 0 Å². The van der Waals surface area contributed by atoms with Crippen LogP contribution < -0.4 is 4.74 Å². The standard InChI is InChI=1S/C20H26O/c1-16(2)17(3)9-10-18-11-13-20(14-12-18)21-15-19-7-5-4-6-8-19/h4-8,11-14,16-17H,9-10,15H2,1-3H3. The second kappa shape index (κ2) is 7.87. The number of rotatable bonds is 7. The lowest BCUT2D eigenvalue weighted by molar-refractivity contribution is 0.306. The molecule has 0 saturated carbocycles. The van der Waals surface area contributed by atoms with Crippen LogP contribution in [0.5, 0.6) is 5.75 Å². The summed E-state index contributed by atoms with van der Waals surface area (Å²) in [5, 5.41) is 0. The monoisotopic (exact) mass is 282 g/mol. The van der Waals surface area contributed by atoms with E-state index in [1.54, 1.807) is 0 Å². The third-order valence-corrected chi connectivity index (χ3v) is 4.20. The zero-order valence-corrected chi connectivity index (χ0v) is 13.4. The van der Waals surface area contributed by atoms with Gasteiger partial charge in [-0.05, 0) is 47.9 Å². The largest absolute Gasteiger partial charge is 0.489 e. The molecule has 112 valence electrons. The lowest BCUT2D eigenvalue weighted by Crippen LogP contribution is -2.05. The second-order valence-corrected chi connectivity index (χ2v) is 6.18. The lowest BCUT2D eigenvalue weighted by Gasteiger charge is -2.15. The van der Waals surface area contributed by atoms with Crippen LogP contribution in [0.1, 0.15) is 38.3 Å². The van der Waals surface area contributed by atoms with Gasteiger partial charge in [0.15, 0.2) is 0 Å². The van der Waals surface area contributed by atoms with Crippen LogP contribution in [0.4, 0.5) is 0 Å². The van der Waals surface area contributed by atoms with E-state index in [0.29, 0.717) is 6.61 Å². The maximum absolute atomic E-state index is 5.81. The van der Waals surface area contributed by atoms with Gasteiger partial charge in [0.2, 0.25) is 0 Å². The first-order valence-electron chi connectivity index (χ1n) is 7.91. The van der Waals surface area contributed by atoms with Crippen molar-refractivity contribution in [3.63, 3.8) is 0 Å². The van der Waals surface area contributed by atoms with Crippen molar-refractivity contribution in [3.8, 4) is 5.75 Å². The molecule has 0 amide bonds. The van der Waals surface area contributed by atoms with Crippen molar-refractivity contribution in [1.29, 1.82) is 0 Å². The summed E-state index contributed by atoms with van der Waals surface area (Å²) in [6.45, 7) is 7.56. The van der Waals surface area contributed by atoms with Gasteiger partial charge in [0.1, 0.15) is 12.4 Å². The first-order chi connectivity index (χ1) is 10.1. The third kappa shape index (κ3) is 5.26. The molecule has 1 unspecified atom stereocenters. The molecule has 0 fully saturated rings. The SMILES string of the molecule is CC(C)C(C)CCc1ccc(OCc2ccccc2)cc1. The average Bonchev–Trinajstić information content (AvgIpc) is 2.52. The molecule has 0 aromatic heterocycles. The Hall–Kier alpha value is -1.76. The van der Waals surface area contributed by atoms with Crippen molar-refractivity contribution in [2.75, 3.05) is 0 Å². The van der Waals surface area contributed by atoms with E-state index in [1.165, 1.54) is 17.5 Å². The summed E-state index contributed by atoms with van der Waals surface area (Å²) < 4.78 is 5.81. The molecule has 2 aromatic carbocycles. The van der Waals surface area contributed by atoms with Crippen LogP contribution in [0.25, 0.3) is 0 Å². The summed E-state index contributed by atoms with van der Waals surface area (Å²) in [5.41, 5.74) is 2.60. The predicted octanol–water partition coefficient (Wildman–Crippen LogP) is 5.49. The van der Waals surface area contributed by atoms with Crippen molar-refractivity contribution in [2.24, 2.45) is 11.8 Å². The maximum atomic E-state index is 5.81. The summed E-state index contributed by atoms with van der Waals surface area (Å²) in [7, 11) is 0. The zero-order valence-electron chi connectivity index (χ0n) is 13.4. The van der Waals surface area contributed by atoms with Crippen molar-refractivity contribution < 1.29 is 4.74 Å². The van der Waals surface area contributed by atoms with Gasteiger partial charge >= 0.3 is 0 Å². The Kier molecular flexibility index (Phi) is 5.86. The fourth-order valence-corrected chi connectivity index (χ4v) is 2.22. The molecule has 0 heterocycles. The summed E-state index contributed by atoms with van der Waals surface area (Å²) in [6, 6.07) is 18.8. The Balaban J connectivity index is 1.82. The van der Waals surface area contributed by atoms with Crippen molar-refractivity contribution in [2.45, 2.75) is 40.2 Å². The average molecular weight is 282 g/mol. The molecule has 0 aliphatic carbocycles. The Morgan fingerprint density at radius 1 is 0.810 bits per heavy atom. The topological polar surface area (TPSA) is 9.23 Å². The first-order valence-corrected chi connectivity index (χ1v) is 7.91. The lowest BCUT2D eigenvalue weighted by atomic mass is 9.91. The Bertz CT molecular complexity index is 513. The molecule has 2 rings (SSSR count). The van der Waals surface area contributed by atoms with E-state index in [1.807, 2.05) is 18.2 Å². The van der Waals surface area contributed by atoms with E-state index in [4.69, 9.17) is 4.74 Å². The highest BCUT2D eigenvalue weighted by Crippen LogP contribution is 2.19. The highest BCUT2D eigenvalue weighted by molar-refractivity contribution is 5.28. The smallest absolute Gasteiger partial charge is 0.119 e. The molecule has 21 heavy (non-hydrogen) atoms. The molecular weight excluding hydrogens is 256 g/mol. The van der Waals surface area contributed by atoms with Gasteiger partial charge in [0.05, 0.1) is 0 Å². The third-order valence-electron chi connectivity index (χ3n) is 4.20. The fraction of sp³-hybridized carbons (Fsp3) is 0.400. The quantitative estimate of drug-likeness (QED) is 0.652. The van der Waals surface area contributed by atoms with Gasteiger partial charge in [0.25, 0.3) is 0 Å². The molecule has 0 bridgehead atoms. The number of benzene rings is 2. The minimum absolute atomic E-state index is 0.630. The molecule has 0 aliphatic rings. The highest BCUT2D eigenvalue weighted by atomic mass is 16.5. The van der Waals surface area contributed by atoms with Gasteiger partial charge in [-0.15, -0.1) is 0 Å². The van der Waals surface area contributed by atoms with E-state index >= 15 is 0 Å². The van der Waals surface area contributed by atoms with Crippen LogP contribution in [-0.4, -0.2) is 0 Å². The minimum Gasteiger partial charge on any atom is -0.489 e. The van der Waals surface area contributed by atoms with Gasteiger partial charge in [-0.2, -0.15) is 0 Å². The zero-order chi connectivity index (χ0) is 15.1. The van der Waals surface area contributed by atoms with E-state index in [0.717, 1.165) is 24.0 Å². The summed E-state index contributed by atoms with van der Waals surface area (Å²) in [4.78, 5) is 0. The van der Waals surface area contributed by atoms with Crippen LogP contribution in [0, 0.1) is 11.8 Å². The molecule has 0 N–H and O–H groups in total. The molecule has 1 atom stereocenters. The van der Waals surface area contributed by atoms with Gasteiger partial charge in [-0.1, -0.05) is 63.2 Å². The van der Waals surface area contributed by atoms with Crippen LogP contribution in [-0.2, 0) is 13.0 Å². The molecular formula is C20H26O. The van der Waals surface area contributed by atoms with Crippen LogP contribution >= 0.6 is 0 Å². The molecule has 0 radical (unpaired) electrons. The number of aryl methyl sites for hydroxylation is 1. The first kappa shape index (κ1) is 15.6. The van der Waals surface area contributed by atoms with Gasteiger partial charge in [0, 0.05) is 0 Å². The summed E-state index contributed by atoms with van der Waals surface area (Å²) in [5.74, 6) is 2.48. The van der Waals surface area contributed by atoms with Crippen LogP contribution in [0.3, 0.4) is 0 Å². The summed E-state index contributed by atoms with van der Waals surface area (Å²) in [6.07, 6.45) is 2.40. The molecule has 1 heteroatoms. The molecule has 2 aromatic rings. The number of ether oxygens (including phenoxy) is 1. The predicted molar refractivity (Wildman–Crippen MR) is 89.5 cm³/mol. The normalized spacial score (nSPS) is 12.4. The van der Waals surface area contributed by atoms with E-state index in [9.17, 15) is 0 Å². The van der Waals surface area contributed by atoms with Crippen LogP contribution in [0.15, 0.2) is 54.6 Å². The second-order valence-electron chi connectivity index (χ2n) is 6.18. The Morgan fingerprint density at radius 3 is 2.10 bits per heavy atom. The maximum Gasteiger partial charge on any atom is 0.119 e. The Morgan fingerprint density at radius 2 is 1.48 bits per heavy atom. The van der Waals surface area contributed by atoms with Crippen LogP contribution in [0.2, 0.25) is 0 Å². The van der Waals surface area contributed by atoms with E-state index < -0.39 is 0 Å². The molecule has 0 spiro atoms. The molecule has 1 nitrogen and oxygen atoms in total. The van der Waals surface area contributed by atoms with Crippen molar-refractivity contribution in [3.05, 3.63) is 65.7 Å².